The smallest absolute Gasteiger partial charge is 0.242 e. The lowest BCUT2D eigenvalue weighted by molar-refractivity contribution is -0.546. The molecule has 0 aromatic heterocycles. The van der Waals surface area contributed by atoms with Gasteiger partial charge in [-0.25, -0.2) is 0 Å². The average Bonchev–Trinajstić information content (AvgIpc) is 2.02. The van der Waals surface area contributed by atoms with Crippen molar-refractivity contribution in [3.63, 3.8) is 0 Å². The molecule has 0 spiro atoms. The van der Waals surface area contributed by atoms with E-state index in [4.69, 9.17) is 0 Å². The van der Waals surface area contributed by atoms with Gasteiger partial charge < -0.3 is 0 Å². The van der Waals surface area contributed by atoms with Gasteiger partial charge >= 0.3 is 0 Å². The van der Waals surface area contributed by atoms with Gasteiger partial charge in [0.2, 0.25) is 6.04 Å². The van der Waals surface area contributed by atoms with Crippen molar-refractivity contribution in [1.82, 2.24) is 0 Å². The summed E-state index contributed by atoms with van der Waals surface area (Å²) < 4.78 is 0. The van der Waals surface area contributed by atoms with Gasteiger partial charge in [-0.05, 0) is 0 Å². The lowest BCUT2D eigenvalue weighted by atomic mass is 9.83. The van der Waals surface area contributed by atoms with E-state index in [0.717, 1.165) is 5.56 Å². The molecule has 1 atom stereocenters. The minimum absolute atomic E-state index is 0.213. The van der Waals surface area contributed by atoms with Gasteiger partial charge in [-0.2, -0.15) is 0 Å². The lowest BCUT2D eigenvalue weighted by Crippen LogP contribution is -2.25. The molecule has 0 aliphatic carbocycles. The molecule has 0 fully saturated rings. The van der Waals surface area contributed by atoms with Gasteiger partial charge in [0.1, 0.15) is 0 Å². The first-order chi connectivity index (χ1) is 6.43. The van der Waals surface area contributed by atoms with Gasteiger partial charge in [0, 0.05) is 15.9 Å². The molecule has 1 aromatic carbocycles. The van der Waals surface area contributed by atoms with E-state index in [1.54, 1.807) is 12.1 Å². The first kappa shape index (κ1) is 10.7. The van der Waals surface area contributed by atoms with Crippen LogP contribution in [0, 0.1) is 15.5 Å². The maximum Gasteiger partial charge on any atom is 0.242 e. The van der Waals surface area contributed by atoms with Gasteiger partial charge in [-0.15, -0.1) is 0 Å². The summed E-state index contributed by atoms with van der Waals surface area (Å²) >= 11 is 0. The van der Waals surface area contributed by atoms with E-state index in [-0.39, 0.29) is 10.3 Å². The molecule has 3 nitrogen and oxygen atoms in total. The third kappa shape index (κ3) is 2.31. The highest BCUT2D eigenvalue weighted by Gasteiger charge is 2.36. The van der Waals surface area contributed by atoms with Crippen LogP contribution >= 0.6 is 0 Å². The van der Waals surface area contributed by atoms with Gasteiger partial charge in [0.25, 0.3) is 0 Å². The molecular formula is C11H15NO2. The van der Waals surface area contributed by atoms with Gasteiger partial charge in [0.05, 0.1) is 0 Å². The van der Waals surface area contributed by atoms with Crippen molar-refractivity contribution >= 4 is 0 Å². The standard InChI is InChI=1S/C11H15NO2/c1-11(2,3)10(12(13)14)9-7-5-4-6-8-9/h4-8,10H,1-3H3. The van der Waals surface area contributed by atoms with Crippen LogP contribution in [0.3, 0.4) is 0 Å². The zero-order chi connectivity index (χ0) is 10.8. The van der Waals surface area contributed by atoms with Crippen LogP contribution in [0.2, 0.25) is 0 Å². The molecule has 0 aliphatic rings. The number of benzene rings is 1. The Morgan fingerprint density at radius 2 is 1.71 bits per heavy atom. The summed E-state index contributed by atoms with van der Waals surface area (Å²) in [5.41, 5.74) is 0.412. The van der Waals surface area contributed by atoms with Crippen molar-refractivity contribution in [3.05, 3.63) is 46.0 Å². The minimum atomic E-state index is -0.635. The maximum atomic E-state index is 11.0. The average molecular weight is 193 g/mol. The highest BCUT2D eigenvalue weighted by molar-refractivity contribution is 5.18. The second kappa shape index (κ2) is 3.78. The maximum absolute atomic E-state index is 11.0. The monoisotopic (exact) mass is 193 g/mol. The highest BCUT2D eigenvalue weighted by Crippen LogP contribution is 2.34. The first-order valence-corrected chi connectivity index (χ1v) is 4.61. The number of rotatable bonds is 2. The molecule has 0 N–H and O–H groups in total. The summed E-state index contributed by atoms with van der Waals surface area (Å²) in [7, 11) is 0. The molecule has 1 rings (SSSR count). The number of hydrogen-bond acceptors (Lipinski definition) is 2. The molecule has 0 saturated carbocycles. The molecule has 0 radical (unpaired) electrons. The summed E-state index contributed by atoms with van der Waals surface area (Å²) in [6.45, 7) is 5.65. The molecule has 0 aliphatic heterocycles. The Bertz CT molecular complexity index is 314. The van der Waals surface area contributed by atoms with Gasteiger partial charge in [-0.3, -0.25) is 10.1 Å². The largest absolute Gasteiger partial charge is 0.264 e. The summed E-state index contributed by atoms with van der Waals surface area (Å²) in [6.07, 6.45) is 0. The van der Waals surface area contributed by atoms with Crippen molar-refractivity contribution in [3.8, 4) is 0 Å². The van der Waals surface area contributed by atoms with Crippen molar-refractivity contribution in [2.24, 2.45) is 5.41 Å². The predicted octanol–water partition coefficient (Wildman–Crippen LogP) is 3.05. The van der Waals surface area contributed by atoms with Crippen LogP contribution in [0.25, 0.3) is 0 Å². The Labute approximate surface area is 83.9 Å². The second-order valence-electron chi connectivity index (χ2n) is 4.46. The zero-order valence-electron chi connectivity index (χ0n) is 8.73. The van der Waals surface area contributed by atoms with E-state index >= 15 is 0 Å². The first-order valence-electron chi connectivity index (χ1n) is 4.61. The van der Waals surface area contributed by atoms with Crippen LogP contribution < -0.4 is 0 Å². The molecule has 14 heavy (non-hydrogen) atoms. The zero-order valence-corrected chi connectivity index (χ0v) is 8.73. The third-order valence-corrected chi connectivity index (χ3v) is 2.15. The molecule has 76 valence electrons. The summed E-state index contributed by atoms with van der Waals surface area (Å²) in [5, 5.41) is 11.0. The fraction of sp³-hybridized carbons (Fsp3) is 0.455. The van der Waals surface area contributed by atoms with Crippen LogP contribution in [-0.4, -0.2) is 4.92 Å². The van der Waals surface area contributed by atoms with Crippen molar-refractivity contribution < 1.29 is 4.92 Å². The van der Waals surface area contributed by atoms with Crippen molar-refractivity contribution in [2.45, 2.75) is 26.8 Å². The Morgan fingerprint density at radius 3 is 2.07 bits per heavy atom. The van der Waals surface area contributed by atoms with E-state index in [1.807, 2.05) is 39.0 Å². The lowest BCUT2D eigenvalue weighted by Gasteiger charge is -2.23. The van der Waals surface area contributed by atoms with E-state index in [9.17, 15) is 10.1 Å². The van der Waals surface area contributed by atoms with Crippen molar-refractivity contribution in [1.29, 1.82) is 0 Å². The fourth-order valence-electron chi connectivity index (χ4n) is 1.57. The minimum Gasteiger partial charge on any atom is -0.264 e. The molecule has 0 amide bonds. The molecule has 1 unspecified atom stereocenters. The fourth-order valence-corrected chi connectivity index (χ4v) is 1.57. The van der Waals surface area contributed by atoms with Crippen LogP contribution in [0.5, 0.6) is 0 Å². The summed E-state index contributed by atoms with van der Waals surface area (Å²) in [4.78, 5) is 10.7. The molecule has 0 saturated heterocycles. The van der Waals surface area contributed by atoms with Crippen molar-refractivity contribution in [2.75, 3.05) is 0 Å². The van der Waals surface area contributed by atoms with Crippen LogP contribution in [-0.2, 0) is 0 Å². The molecule has 1 aromatic rings. The number of nitrogens with zero attached hydrogens (tertiary/aromatic N) is 1. The second-order valence-corrected chi connectivity index (χ2v) is 4.46. The van der Waals surface area contributed by atoms with Crippen LogP contribution in [0.4, 0.5) is 0 Å². The Balaban J connectivity index is 3.08. The van der Waals surface area contributed by atoms with Crippen LogP contribution in [0.15, 0.2) is 30.3 Å². The molecule has 3 heteroatoms. The van der Waals surface area contributed by atoms with E-state index in [0.29, 0.717) is 0 Å². The molecule has 0 heterocycles. The quantitative estimate of drug-likeness (QED) is 0.535. The normalized spacial score (nSPS) is 13.6. The van der Waals surface area contributed by atoms with E-state index in [1.165, 1.54) is 0 Å². The highest BCUT2D eigenvalue weighted by atomic mass is 16.6. The Hall–Kier alpha value is -1.38. The molecular weight excluding hydrogens is 178 g/mol. The Kier molecular flexibility index (Phi) is 2.89. The number of nitro groups is 1. The Morgan fingerprint density at radius 1 is 1.21 bits per heavy atom. The number of hydrogen-bond donors (Lipinski definition) is 0. The summed E-state index contributed by atoms with van der Waals surface area (Å²) in [6, 6.07) is 8.50. The van der Waals surface area contributed by atoms with Gasteiger partial charge in [0.15, 0.2) is 0 Å². The topological polar surface area (TPSA) is 43.1 Å². The predicted molar refractivity (Wildman–Crippen MR) is 55.6 cm³/mol. The summed E-state index contributed by atoms with van der Waals surface area (Å²) in [5.74, 6) is 0. The van der Waals surface area contributed by atoms with Gasteiger partial charge in [-0.1, -0.05) is 51.1 Å². The molecule has 0 bridgehead atoms. The van der Waals surface area contributed by atoms with E-state index < -0.39 is 6.04 Å². The third-order valence-electron chi connectivity index (χ3n) is 2.15. The SMILES string of the molecule is CC(C)(C)C(c1ccccc1)[N+](=O)[O-]. The van der Waals surface area contributed by atoms with E-state index in [2.05, 4.69) is 0 Å². The van der Waals surface area contributed by atoms with Crippen LogP contribution in [0.1, 0.15) is 32.4 Å².